The largest absolute Gasteiger partial charge is 0.508 e. The van der Waals surface area contributed by atoms with Crippen molar-refractivity contribution in [2.75, 3.05) is 13.1 Å². The second-order valence-electron chi connectivity index (χ2n) is 5.47. The second kappa shape index (κ2) is 6.10. The van der Waals surface area contributed by atoms with E-state index in [4.69, 9.17) is 0 Å². The quantitative estimate of drug-likeness (QED) is 0.909. The normalized spacial score (nSPS) is 17.8. The predicted octanol–water partition coefficient (Wildman–Crippen LogP) is 3.97. The Balaban J connectivity index is 2.01. The number of piperidine rings is 1. The third-order valence-corrected chi connectivity index (χ3v) is 4.10. The Morgan fingerprint density at radius 2 is 1.45 bits per heavy atom. The molecule has 1 aliphatic rings. The summed E-state index contributed by atoms with van der Waals surface area (Å²) in [5.74, 6) is 0.395. The summed E-state index contributed by atoms with van der Waals surface area (Å²) in [6, 6.07) is 18.4. The standard InChI is InChI=1S/C18H21NO/c20-17-12-6-5-11-16(17)18(15-9-3-1-4-10-15)19-13-7-2-8-14-19/h1,3-6,9-12,18,20H,2,7-8,13-14H2. The van der Waals surface area contributed by atoms with E-state index in [1.807, 2.05) is 24.3 Å². The molecule has 0 bridgehead atoms. The SMILES string of the molecule is Oc1ccccc1C(c1ccccc1)N1CCCCC1. The number of benzene rings is 2. The van der Waals surface area contributed by atoms with E-state index in [2.05, 4.69) is 29.2 Å². The van der Waals surface area contributed by atoms with Crippen LogP contribution in [0.2, 0.25) is 0 Å². The molecule has 2 aromatic carbocycles. The molecular weight excluding hydrogens is 246 g/mol. The van der Waals surface area contributed by atoms with Gasteiger partial charge in [0.05, 0.1) is 6.04 Å². The lowest BCUT2D eigenvalue weighted by molar-refractivity contribution is 0.185. The van der Waals surface area contributed by atoms with Crippen LogP contribution in [0.15, 0.2) is 54.6 Å². The van der Waals surface area contributed by atoms with E-state index in [-0.39, 0.29) is 6.04 Å². The molecule has 2 nitrogen and oxygen atoms in total. The molecule has 0 saturated carbocycles. The number of hydrogen-bond donors (Lipinski definition) is 1. The van der Waals surface area contributed by atoms with Gasteiger partial charge in [-0.15, -0.1) is 0 Å². The first-order valence-electron chi connectivity index (χ1n) is 7.43. The van der Waals surface area contributed by atoms with Crippen LogP contribution in [0, 0.1) is 0 Å². The molecule has 0 amide bonds. The molecule has 2 aromatic rings. The molecule has 104 valence electrons. The fraction of sp³-hybridized carbons (Fsp3) is 0.333. The minimum absolute atomic E-state index is 0.165. The highest BCUT2D eigenvalue weighted by molar-refractivity contribution is 5.40. The summed E-state index contributed by atoms with van der Waals surface area (Å²) in [5.41, 5.74) is 2.27. The molecule has 0 aliphatic carbocycles. The third-order valence-electron chi connectivity index (χ3n) is 4.10. The van der Waals surface area contributed by atoms with Gasteiger partial charge < -0.3 is 5.11 Å². The lowest BCUT2D eigenvalue weighted by Gasteiger charge is -2.35. The number of likely N-dealkylation sites (tertiary alicyclic amines) is 1. The number of para-hydroxylation sites is 1. The van der Waals surface area contributed by atoms with E-state index >= 15 is 0 Å². The van der Waals surface area contributed by atoms with Gasteiger partial charge in [-0.3, -0.25) is 4.90 Å². The first-order valence-corrected chi connectivity index (χ1v) is 7.43. The average Bonchev–Trinajstić information content (AvgIpc) is 2.52. The molecule has 1 atom stereocenters. The summed E-state index contributed by atoms with van der Waals surface area (Å²) in [7, 11) is 0. The molecular formula is C18H21NO. The molecule has 1 aliphatic heterocycles. The van der Waals surface area contributed by atoms with Crippen molar-refractivity contribution in [3.05, 3.63) is 65.7 Å². The van der Waals surface area contributed by atoms with E-state index in [0.717, 1.165) is 18.7 Å². The smallest absolute Gasteiger partial charge is 0.120 e. The van der Waals surface area contributed by atoms with Gasteiger partial charge in [-0.05, 0) is 37.6 Å². The molecule has 1 fully saturated rings. The van der Waals surface area contributed by atoms with Crippen LogP contribution in [-0.2, 0) is 0 Å². The second-order valence-corrected chi connectivity index (χ2v) is 5.47. The Morgan fingerprint density at radius 3 is 2.15 bits per heavy atom. The maximum atomic E-state index is 10.2. The molecule has 1 N–H and O–H groups in total. The highest BCUT2D eigenvalue weighted by atomic mass is 16.3. The molecule has 20 heavy (non-hydrogen) atoms. The van der Waals surface area contributed by atoms with Gasteiger partial charge in [0.2, 0.25) is 0 Å². The fourth-order valence-electron chi connectivity index (χ4n) is 3.12. The Labute approximate surface area is 120 Å². The maximum absolute atomic E-state index is 10.2. The molecule has 1 saturated heterocycles. The minimum Gasteiger partial charge on any atom is -0.508 e. The molecule has 0 spiro atoms. The number of phenols is 1. The van der Waals surface area contributed by atoms with Gasteiger partial charge in [0.15, 0.2) is 0 Å². The zero-order valence-electron chi connectivity index (χ0n) is 11.7. The van der Waals surface area contributed by atoms with E-state index in [1.54, 1.807) is 6.07 Å². The summed E-state index contributed by atoms with van der Waals surface area (Å²) in [6.07, 6.45) is 3.81. The van der Waals surface area contributed by atoms with Crippen molar-refractivity contribution < 1.29 is 5.11 Å². The Bertz CT molecular complexity index is 546. The molecule has 1 unspecified atom stereocenters. The van der Waals surface area contributed by atoms with Gasteiger partial charge in [-0.25, -0.2) is 0 Å². The van der Waals surface area contributed by atoms with Crippen molar-refractivity contribution in [2.45, 2.75) is 25.3 Å². The third kappa shape index (κ3) is 2.70. The summed E-state index contributed by atoms with van der Waals surface area (Å²) < 4.78 is 0. The molecule has 0 radical (unpaired) electrons. The molecule has 3 rings (SSSR count). The Hall–Kier alpha value is -1.80. The van der Waals surface area contributed by atoms with Crippen LogP contribution in [0.5, 0.6) is 5.75 Å². The van der Waals surface area contributed by atoms with Gasteiger partial charge in [-0.1, -0.05) is 55.0 Å². The van der Waals surface area contributed by atoms with Crippen LogP contribution in [0.1, 0.15) is 36.4 Å². The van der Waals surface area contributed by atoms with Crippen LogP contribution in [0.25, 0.3) is 0 Å². The molecule has 2 heteroatoms. The van der Waals surface area contributed by atoms with Crippen molar-refractivity contribution in [3.8, 4) is 5.75 Å². The topological polar surface area (TPSA) is 23.5 Å². The summed E-state index contributed by atoms with van der Waals surface area (Å²) >= 11 is 0. The fourth-order valence-corrected chi connectivity index (χ4v) is 3.12. The van der Waals surface area contributed by atoms with E-state index < -0.39 is 0 Å². The zero-order chi connectivity index (χ0) is 13.8. The van der Waals surface area contributed by atoms with Crippen molar-refractivity contribution in [1.29, 1.82) is 0 Å². The van der Waals surface area contributed by atoms with Gasteiger partial charge >= 0.3 is 0 Å². The van der Waals surface area contributed by atoms with E-state index in [1.165, 1.54) is 24.8 Å². The van der Waals surface area contributed by atoms with Crippen LogP contribution in [0.3, 0.4) is 0 Å². The summed E-state index contributed by atoms with van der Waals surface area (Å²) in [5, 5.41) is 10.2. The average molecular weight is 267 g/mol. The minimum atomic E-state index is 0.165. The van der Waals surface area contributed by atoms with Crippen molar-refractivity contribution in [2.24, 2.45) is 0 Å². The lowest BCUT2D eigenvalue weighted by Crippen LogP contribution is -2.34. The predicted molar refractivity (Wildman–Crippen MR) is 81.8 cm³/mol. The van der Waals surface area contributed by atoms with Crippen molar-refractivity contribution in [3.63, 3.8) is 0 Å². The Kier molecular flexibility index (Phi) is 4.03. The van der Waals surface area contributed by atoms with Crippen LogP contribution in [-0.4, -0.2) is 23.1 Å². The van der Waals surface area contributed by atoms with E-state index in [0.29, 0.717) is 5.75 Å². The highest BCUT2D eigenvalue weighted by Gasteiger charge is 2.25. The maximum Gasteiger partial charge on any atom is 0.120 e. The first-order chi connectivity index (χ1) is 9.86. The molecule has 1 heterocycles. The van der Waals surface area contributed by atoms with Gasteiger partial charge in [0, 0.05) is 5.56 Å². The number of nitrogens with zero attached hydrogens (tertiary/aromatic N) is 1. The number of phenolic OH excluding ortho intramolecular Hbond substituents is 1. The van der Waals surface area contributed by atoms with E-state index in [9.17, 15) is 5.11 Å². The van der Waals surface area contributed by atoms with Crippen LogP contribution < -0.4 is 0 Å². The van der Waals surface area contributed by atoms with Crippen molar-refractivity contribution in [1.82, 2.24) is 4.90 Å². The Morgan fingerprint density at radius 1 is 0.800 bits per heavy atom. The van der Waals surface area contributed by atoms with Crippen molar-refractivity contribution >= 4 is 0 Å². The summed E-state index contributed by atoms with van der Waals surface area (Å²) in [4.78, 5) is 2.49. The van der Waals surface area contributed by atoms with Crippen LogP contribution in [0.4, 0.5) is 0 Å². The highest BCUT2D eigenvalue weighted by Crippen LogP contribution is 2.35. The molecule has 0 aromatic heterocycles. The first kappa shape index (κ1) is 13.2. The van der Waals surface area contributed by atoms with Gasteiger partial charge in [-0.2, -0.15) is 0 Å². The monoisotopic (exact) mass is 267 g/mol. The number of aromatic hydroxyl groups is 1. The van der Waals surface area contributed by atoms with Gasteiger partial charge in [0.25, 0.3) is 0 Å². The summed E-state index contributed by atoms with van der Waals surface area (Å²) in [6.45, 7) is 2.21. The van der Waals surface area contributed by atoms with Gasteiger partial charge in [0.1, 0.15) is 5.75 Å². The number of rotatable bonds is 3. The number of hydrogen-bond acceptors (Lipinski definition) is 2. The zero-order valence-corrected chi connectivity index (χ0v) is 11.7. The van der Waals surface area contributed by atoms with Crippen LogP contribution >= 0.6 is 0 Å². The lowest BCUT2D eigenvalue weighted by atomic mass is 9.94.